The van der Waals surface area contributed by atoms with Crippen LogP contribution in [-0.4, -0.2) is 29.1 Å². The Morgan fingerprint density at radius 3 is 2.24 bits per heavy atom. The number of hydrogen-bond acceptors (Lipinski definition) is 6. The highest BCUT2D eigenvalue weighted by atomic mass is 16.5. The molecule has 0 radical (unpaired) electrons. The molecule has 0 saturated heterocycles. The molecule has 6 heteroatoms. The predicted molar refractivity (Wildman–Crippen MR) is 144 cm³/mol. The van der Waals surface area contributed by atoms with Crippen molar-refractivity contribution in [3.05, 3.63) is 95.7 Å². The van der Waals surface area contributed by atoms with Gasteiger partial charge in [0.05, 0.1) is 17.7 Å². The highest BCUT2D eigenvalue weighted by Gasteiger charge is 2.52. The first kappa shape index (κ1) is 24.8. The van der Waals surface area contributed by atoms with Gasteiger partial charge < -0.3 is 19.7 Å². The highest BCUT2D eigenvalue weighted by Crippen LogP contribution is 2.49. The van der Waals surface area contributed by atoms with Crippen LogP contribution < -0.4 is 5.32 Å². The van der Waals surface area contributed by atoms with Gasteiger partial charge in [-0.1, -0.05) is 71.9 Å². The van der Waals surface area contributed by atoms with E-state index in [4.69, 9.17) is 9.26 Å². The van der Waals surface area contributed by atoms with Crippen molar-refractivity contribution in [2.24, 2.45) is 0 Å². The maximum Gasteiger partial charge on any atom is 0.316 e. The summed E-state index contributed by atoms with van der Waals surface area (Å²) in [7, 11) is 0. The number of benzene rings is 3. The van der Waals surface area contributed by atoms with Gasteiger partial charge >= 0.3 is 5.97 Å². The molecule has 1 atom stereocenters. The van der Waals surface area contributed by atoms with Gasteiger partial charge in [-0.3, -0.25) is 4.79 Å². The maximum absolute atomic E-state index is 12.4. The smallest absolute Gasteiger partial charge is 0.316 e. The third-order valence-electron chi connectivity index (χ3n) is 7.09. The normalized spacial score (nSPS) is 14.7. The lowest BCUT2D eigenvalue weighted by Gasteiger charge is -2.15. The summed E-state index contributed by atoms with van der Waals surface area (Å²) >= 11 is 0. The predicted octanol–water partition coefficient (Wildman–Crippen LogP) is 6.27. The first-order valence-corrected chi connectivity index (χ1v) is 12.8. The monoisotopic (exact) mass is 496 g/mol. The quantitative estimate of drug-likeness (QED) is 0.199. The average Bonchev–Trinajstić information content (AvgIpc) is 3.66. The zero-order chi connectivity index (χ0) is 25.8. The van der Waals surface area contributed by atoms with E-state index in [-0.39, 0.29) is 5.97 Å². The Morgan fingerprint density at radius 2 is 1.62 bits per heavy atom. The second-order valence-corrected chi connectivity index (χ2v) is 9.60. The molecule has 190 valence electrons. The van der Waals surface area contributed by atoms with Gasteiger partial charge in [0, 0.05) is 16.8 Å². The van der Waals surface area contributed by atoms with Crippen molar-refractivity contribution in [2.45, 2.75) is 51.2 Å². The molecule has 1 aromatic heterocycles. The van der Waals surface area contributed by atoms with E-state index in [0.29, 0.717) is 19.4 Å². The number of aromatic nitrogens is 1. The van der Waals surface area contributed by atoms with E-state index in [2.05, 4.69) is 34.7 Å². The molecule has 6 nitrogen and oxygen atoms in total. The number of aliphatic hydroxyl groups excluding tert-OH is 1. The molecular weight excluding hydrogens is 464 g/mol. The molecule has 1 unspecified atom stereocenters. The van der Waals surface area contributed by atoms with Gasteiger partial charge in [0.25, 0.3) is 0 Å². The average molecular weight is 497 g/mol. The Labute approximate surface area is 217 Å². The summed E-state index contributed by atoms with van der Waals surface area (Å²) in [5.41, 5.74) is 6.39. The zero-order valence-electron chi connectivity index (χ0n) is 21.2. The minimum atomic E-state index is -0.673. The van der Waals surface area contributed by atoms with Crippen LogP contribution in [0.2, 0.25) is 0 Å². The number of carbonyl (C=O) groups excluding carboxylic acids is 1. The fraction of sp³-hybridized carbons (Fsp3) is 0.290. The summed E-state index contributed by atoms with van der Waals surface area (Å²) in [6, 6.07) is 26.1. The summed E-state index contributed by atoms with van der Waals surface area (Å²) < 4.78 is 11.0. The summed E-state index contributed by atoms with van der Waals surface area (Å²) in [4.78, 5) is 12.4. The number of aryl methyl sites for hydroxylation is 1. The minimum Gasteiger partial charge on any atom is -0.465 e. The fourth-order valence-electron chi connectivity index (χ4n) is 4.79. The van der Waals surface area contributed by atoms with E-state index in [0.717, 1.165) is 57.8 Å². The number of rotatable bonds is 10. The third-order valence-corrected chi connectivity index (χ3v) is 7.09. The van der Waals surface area contributed by atoms with Gasteiger partial charge in [-0.05, 0) is 68.4 Å². The Hall–Kier alpha value is -3.90. The summed E-state index contributed by atoms with van der Waals surface area (Å²) in [5.74, 6) is 0.616. The number of anilines is 1. The number of nitrogens with zero attached hydrogens (tertiary/aromatic N) is 1. The third kappa shape index (κ3) is 5.30. The number of aliphatic hydroxyl groups is 1. The van der Waals surface area contributed by atoms with Crippen LogP contribution >= 0.6 is 0 Å². The van der Waals surface area contributed by atoms with E-state index in [9.17, 15) is 9.90 Å². The Morgan fingerprint density at radius 1 is 1.00 bits per heavy atom. The molecule has 1 fully saturated rings. The van der Waals surface area contributed by atoms with E-state index >= 15 is 0 Å². The van der Waals surface area contributed by atoms with Crippen LogP contribution in [-0.2, 0) is 21.4 Å². The van der Waals surface area contributed by atoms with Gasteiger partial charge in [-0.2, -0.15) is 0 Å². The number of carbonyl (C=O) groups is 1. The second-order valence-electron chi connectivity index (χ2n) is 9.60. The minimum absolute atomic E-state index is 0.117. The molecule has 0 aliphatic heterocycles. The first-order chi connectivity index (χ1) is 18.0. The number of nitrogens with one attached hydrogen (secondary N) is 1. The molecule has 0 bridgehead atoms. The zero-order valence-corrected chi connectivity index (χ0v) is 21.2. The summed E-state index contributed by atoms with van der Waals surface area (Å²) in [6.45, 7) is 4.18. The molecule has 0 spiro atoms. The molecule has 1 aliphatic carbocycles. The Balaban J connectivity index is 1.27. The topological polar surface area (TPSA) is 84.6 Å². The van der Waals surface area contributed by atoms with Crippen LogP contribution in [0.5, 0.6) is 0 Å². The lowest BCUT2D eigenvalue weighted by Crippen LogP contribution is -2.23. The van der Waals surface area contributed by atoms with Crippen LogP contribution in [0.15, 0.2) is 83.4 Å². The van der Waals surface area contributed by atoms with Crippen molar-refractivity contribution in [3.63, 3.8) is 0 Å². The molecule has 37 heavy (non-hydrogen) atoms. The molecule has 1 aliphatic rings. The van der Waals surface area contributed by atoms with Crippen LogP contribution in [0.1, 0.15) is 43.0 Å². The van der Waals surface area contributed by atoms with Crippen molar-refractivity contribution < 1.29 is 19.2 Å². The number of para-hydroxylation sites is 1. The van der Waals surface area contributed by atoms with Crippen LogP contribution in [0.4, 0.5) is 5.69 Å². The molecule has 1 saturated carbocycles. The Bertz CT molecular complexity index is 1340. The van der Waals surface area contributed by atoms with Gasteiger partial charge in [-0.25, -0.2) is 0 Å². The largest absolute Gasteiger partial charge is 0.465 e. The number of esters is 1. The van der Waals surface area contributed by atoms with Crippen molar-refractivity contribution in [1.82, 2.24) is 5.16 Å². The van der Waals surface area contributed by atoms with Crippen molar-refractivity contribution in [1.29, 1.82) is 0 Å². The lowest BCUT2D eigenvalue weighted by atomic mass is 9.93. The lowest BCUT2D eigenvalue weighted by molar-refractivity contribution is -0.146. The van der Waals surface area contributed by atoms with Gasteiger partial charge in [0.15, 0.2) is 5.76 Å². The van der Waals surface area contributed by atoms with Gasteiger partial charge in [-0.15, -0.1) is 0 Å². The van der Waals surface area contributed by atoms with E-state index in [1.54, 1.807) is 0 Å². The molecule has 2 N–H and O–H groups in total. The van der Waals surface area contributed by atoms with E-state index < -0.39 is 11.6 Å². The number of ether oxygens (including phenoxy) is 1. The highest BCUT2D eigenvalue weighted by molar-refractivity contribution is 5.87. The summed E-state index contributed by atoms with van der Waals surface area (Å²) in [5, 5.41) is 17.8. The van der Waals surface area contributed by atoms with Crippen molar-refractivity contribution >= 4 is 11.7 Å². The fourth-order valence-corrected chi connectivity index (χ4v) is 4.79. The van der Waals surface area contributed by atoms with Gasteiger partial charge in [0.1, 0.15) is 6.23 Å². The van der Waals surface area contributed by atoms with Crippen LogP contribution in [0.25, 0.3) is 22.5 Å². The molecule has 4 aromatic rings. The van der Waals surface area contributed by atoms with E-state index in [1.807, 2.05) is 68.4 Å². The maximum atomic E-state index is 12.4. The van der Waals surface area contributed by atoms with Crippen molar-refractivity contribution in [2.75, 3.05) is 11.9 Å². The van der Waals surface area contributed by atoms with Crippen molar-refractivity contribution in [3.8, 4) is 22.5 Å². The van der Waals surface area contributed by atoms with Crippen LogP contribution in [0, 0.1) is 6.92 Å². The van der Waals surface area contributed by atoms with E-state index in [1.165, 1.54) is 0 Å². The molecular formula is C31H32N2O4. The standard InChI is InChI=1S/C31H32N2O4/c1-3-36-30(35)31(19-20-31)25-15-13-23(14-16-25)22-9-11-24(12-10-22)29-27(21(2)33-37-29)17-18-28(34)32-26-7-5-4-6-8-26/h4-16,28,32,34H,3,17-20H2,1-2H3. The van der Waals surface area contributed by atoms with Gasteiger partial charge in [0.2, 0.25) is 0 Å². The van der Waals surface area contributed by atoms with Crippen LogP contribution in [0.3, 0.4) is 0 Å². The molecule has 5 rings (SSSR count). The number of hydrogen-bond donors (Lipinski definition) is 2. The second kappa shape index (κ2) is 10.6. The molecule has 3 aromatic carbocycles. The Kier molecular flexibility index (Phi) is 7.10. The summed E-state index contributed by atoms with van der Waals surface area (Å²) in [6.07, 6.45) is 2.18. The molecule has 0 amide bonds. The molecule has 1 heterocycles. The first-order valence-electron chi connectivity index (χ1n) is 12.8. The SMILES string of the molecule is CCOC(=O)C1(c2ccc(-c3ccc(-c4onc(C)c4CCC(O)Nc4ccccc4)cc3)cc2)CC1.